The van der Waals surface area contributed by atoms with Crippen LogP contribution in [0.5, 0.6) is 0 Å². The molecule has 1 aliphatic heterocycles. The van der Waals surface area contributed by atoms with Crippen LogP contribution in [-0.2, 0) is 9.59 Å². The van der Waals surface area contributed by atoms with E-state index in [1.54, 1.807) is 6.07 Å². The first kappa shape index (κ1) is 17.3. The molecule has 3 rings (SSSR count). The van der Waals surface area contributed by atoms with Crippen molar-refractivity contribution in [2.24, 2.45) is 11.8 Å². The topological polar surface area (TPSA) is 49.4 Å². The summed E-state index contributed by atoms with van der Waals surface area (Å²) in [6, 6.07) is 7.28. The number of carbonyl (C=O) groups is 2. The van der Waals surface area contributed by atoms with E-state index in [4.69, 9.17) is 11.6 Å². The van der Waals surface area contributed by atoms with Crippen molar-refractivity contribution >= 4 is 29.1 Å². The normalized spacial score (nSPS) is 24.5. The Morgan fingerprint density at radius 3 is 2.25 bits per heavy atom. The molecule has 0 atom stereocenters. The molecule has 4 nitrogen and oxygen atoms in total. The first-order chi connectivity index (χ1) is 11.6. The third kappa shape index (κ3) is 4.10. The molecule has 2 aliphatic rings. The van der Waals surface area contributed by atoms with Gasteiger partial charge in [0.1, 0.15) is 0 Å². The number of nitrogens with zero attached hydrogens (tertiary/aromatic N) is 1. The molecule has 1 aromatic rings. The number of hydrogen-bond acceptors (Lipinski definition) is 2. The molecule has 2 amide bonds. The van der Waals surface area contributed by atoms with Crippen LogP contribution >= 0.6 is 11.6 Å². The Labute approximate surface area is 148 Å². The Balaban J connectivity index is 1.50. The fraction of sp³-hybridized carbons (Fsp3) is 0.579. The fourth-order valence-electron chi connectivity index (χ4n) is 3.77. The Hall–Kier alpha value is -1.55. The van der Waals surface area contributed by atoms with Gasteiger partial charge in [-0.15, -0.1) is 0 Å². The molecule has 24 heavy (non-hydrogen) atoms. The van der Waals surface area contributed by atoms with Gasteiger partial charge >= 0.3 is 0 Å². The van der Waals surface area contributed by atoms with Crippen molar-refractivity contribution in [1.29, 1.82) is 0 Å². The molecule has 1 saturated carbocycles. The van der Waals surface area contributed by atoms with Crippen molar-refractivity contribution in [3.05, 3.63) is 29.3 Å². The predicted octanol–water partition coefficient (Wildman–Crippen LogP) is 4.10. The van der Waals surface area contributed by atoms with Gasteiger partial charge in [-0.2, -0.15) is 0 Å². The summed E-state index contributed by atoms with van der Waals surface area (Å²) < 4.78 is 0. The lowest BCUT2D eigenvalue weighted by Gasteiger charge is -2.33. The van der Waals surface area contributed by atoms with Gasteiger partial charge in [0.2, 0.25) is 11.8 Å². The molecule has 1 saturated heterocycles. The first-order valence-corrected chi connectivity index (χ1v) is 9.37. The maximum absolute atomic E-state index is 12.6. The van der Waals surface area contributed by atoms with Crippen LogP contribution in [0.4, 0.5) is 5.69 Å². The van der Waals surface area contributed by atoms with Gasteiger partial charge in [0, 0.05) is 24.9 Å². The third-order valence-corrected chi connectivity index (χ3v) is 5.58. The highest BCUT2D eigenvalue weighted by atomic mass is 35.5. The molecule has 1 aromatic carbocycles. The van der Waals surface area contributed by atoms with Crippen LogP contribution < -0.4 is 5.32 Å². The molecule has 1 heterocycles. The van der Waals surface area contributed by atoms with E-state index in [1.165, 1.54) is 6.42 Å². The van der Waals surface area contributed by atoms with Crippen LogP contribution in [0, 0.1) is 11.8 Å². The molecule has 1 aliphatic carbocycles. The average Bonchev–Trinajstić information content (AvgIpc) is 2.64. The molecular formula is C19H25ClN2O2. The number of hydrogen-bond donors (Lipinski definition) is 1. The predicted molar refractivity (Wildman–Crippen MR) is 96.0 cm³/mol. The van der Waals surface area contributed by atoms with E-state index in [2.05, 4.69) is 5.32 Å². The summed E-state index contributed by atoms with van der Waals surface area (Å²) >= 11 is 6.09. The van der Waals surface area contributed by atoms with E-state index in [9.17, 15) is 9.59 Å². The molecule has 0 spiro atoms. The molecule has 0 radical (unpaired) electrons. The number of likely N-dealkylation sites (tertiary alicyclic amines) is 1. The number of amides is 2. The molecule has 1 N–H and O–H groups in total. The number of nitrogens with one attached hydrogen (secondary N) is 1. The van der Waals surface area contributed by atoms with Crippen molar-refractivity contribution in [2.45, 2.75) is 44.9 Å². The van der Waals surface area contributed by atoms with Crippen LogP contribution in [-0.4, -0.2) is 29.8 Å². The second-order valence-corrected chi connectivity index (χ2v) is 7.31. The van der Waals surface area contributed by atoms with Gasteiger partial charge < -0.3 is 10.2 Å². The van der Waals surface area contributed by atoms with Gasteiger partial charge in [-0.25, -0.2) is 0 Å². The quantitative estimate of drug-likeness (QED) is 0.894. The number of para-hydroxylation sites is 1. The highest BCUT2D eigenvalue weighted by Gasteiger charge is 2.32. The summed E-state index contributed by atoms with van der Waals surface area (Å²) in [6.45, 7) is 1.82. The maximum Gasteiger partial charge on any atom is 0.227 e. The summed E-state index contributed by atoms with van der Waals surface area (Å²) in [6.07, 6.45) is 6.67. The van der Waals surface area contributed by atoms with Gasteiger partial charge in [-0.3, -0.25) is 9.59 Å². The zero-order valence-electron chi connectivity index (χ0n) is 14.0. The van der Waals surface area contributed by atoms with Gasteiger partial charge in [0.15, 0.2) is 0 Å². The minimum Gasteiger partial charge on any atom is -0.342 e. The van der Waals surface area contributed by atoms with E-state index in [-0.39, 0.29) is 17.7 Å². The second-order valence-electron chi connectivity index (χ2n) is 6.90. The van der Waals surface area contributed by atoms with E-state index in [1.807, 2.05) is 23.1 Å². The summed E-state index contributed by atoms with van der Waals surface area (Å²) in [5.74, 6) is 0.408. The van der Waals surface area contributed by atoms with Crippen LogP contribution in [0.1, 0.15) is 44.9 Å². The highest BCUT2D eigenvalue weighted by molar-refractivity contribution is 6.33. The van der Waals surface area contributed by atoms with Crippen LogP contribution in [0.2, 0.25) is 5.02 Å². The largest absolute Gasteiger partial charge is 0.342 e. The summed E-state index contributed by atoms with van der Waals surface area (Å²) in [4.78, 5) is 27.0. The first-order valence-electron chi connectivity index (χ1n) is 8.99. The molecule has 0 bridgehead atoms. The van der Waals surface area contributed by atoms with Crippen molar-refractivity contribution in [3.63, 3.8) is 0 Å². The van der Waals surface area contributed by atoms with Gasteiger partial charge in [0.25, 0.3) is 0 Å². The van der Waals surface area contributed by atoms with Crippen LogP contribution in [0.15, 0.2) is 24.3 Å². The van der Waals surface area contributed by atoms with Gasteiger partial charge in [0.05, 0.1) is 10.7 Å². The number of piperidine rings is 1. The van der Waals surface area contributed by atoms with Crippen molar-refractivity contribution < 1.29 is 9.59 Å². The van der Waals surface area contributed by atoms with Crippen LogP contribution in [0.3, 0.4) is 0 Å². The minimum absolute atomic E-state index is 0.0203. The van der Waals surface area contributed by atoms with Crippen molar-refractivity contribution in [1.82, 2.24) is 4.90 Å². The lowest BCUT2D eigenvalue weighted by molar-refractivity contribution is -0.138. The number of anilines is 1. The molecule has 0 unspecified atom stereocenters. The fourth-order valence-corrected chi connectivity index (χ4v) is 3.96. The zero-order chi connectivity index (χ0) is 16.9. The van der Waals surface area contributed by atoms with Crippen LogP contribution in [0.25, 0.3) is 0 Å². The maximum atomic E-state index is 12.6. The Morgan fingerprint density at radius 1 is 0.958 bits per heavy atom. The van der Waals surface area contributed by atoms with Crippen molar-refractivity contribution in [2.75, 3.05) is 18.4 Å². The molecule has 2 fully saturated rings. The van der Waals surface area contributed by atoms with Crippen molar-refractivity contribution in [3.8, 4) is 0 Å². The van der Waals surface area contributed by atoms with Gasteiger partial charge in [-0.05, 0) is 57.1 Å². The standard InChI is InChI=1S/C19H25ClN2O2/c20-16-6-2-3-7-17(16)21-18(23)14-8-10-15(11-9-14)19(24)22-12-4-1-5-13-22/h2-3,6-7,14-15H,1,4-5,8-13H2,(H,21,23). The lowest BCUT2D eigenvalue weighted by atomic mass is 9.80. The van der Waals surface area contributed by atoms with E-state index in [0.717, 1.165) is 51.6 Å². The SMILES string of the molecule is O=C(Nc1ccccc1Cl)C1CCC(C(=O)N2CCCCC2)CC1. The average molecular weight is 349 g/mol. The molecule has 5 heteroatoms. The smallest absolute Gasteiger partial charge is 0.227 e. The summed E-state index contributed by atoms with van der Waals surface area (Å²) in [5, 5.41) is 3.48. The number of benzene rings is 1. The third-order valence-electron chi connectivity index (χ3n) is 5.25. The Morgan fingerprint density at radius 2 is 1.58 bits per heavy atom. The number of halogens is 1. The van der Waals surface area contributed by atoms with E-state index in [0.29, 0.717) is 16.6 Å². The summed E-state index contributed by atoms with van der Waals surface area (Å²) in [5.41, 5.74) is 0.663. The number of rotatable bonds is 3. The van der Waals surface area contributed by atoms with E-state index >= 15 is 0 Å². The zero-order valence-corrected chi connectivity index (χ0v) is 14.7. The highest BCUT2D eigenvalue weighted by Crippen LogP contribution is 2.32. The Bertz CT molecular complexity index is 591. The summed E-state index contributed by atoms with van der Waals surface area (Å²) in [7, 11) is 0. The lowest BCUT2D eigenvalue weighted by Crippen LogP contribution is -2.41. The Kier molecular flexibility index (Phi) is 5.77. The molecule has 130 valence electrons. The van der Waals surface area contributed by atoms with E-state index < -0.39 is 0 Å². The number of carbonyl (C=O) groups excluding carboxylic acids is 2. The second kappa shape index (κ2) is 8.02. The monoisotopic (exact) mass is 348 g/mol. The van der Waals surface area contributed by atoms with Gasteiger partial charge in [-0.1, -0.05) is 23.7 Å². The minimum atomic E-state index is -0.0216. The molecular weight excluding hydrogens is 324 g/mol. The molecule has 0 aromatic heterocycles.